The van der Waals surface area contributed by atoms with Crippen LogP contribution in [0.25, 0.3) is 0 Å². The molecule has 0 amide bonds. The van der Waals surface area contributed by atoms with Crippen LogP contribution in [0.1, 0.15) is 6.04 Å². The summed E-state index contributed by atoms with van der Waals surface area (Å²) < 4.78 is 0. The van der Waals surface area contributed by atoms with Crippen LogP contribution >= 0.6 is 11.6 Å². The van der Waals surface area contributed by atoms with E-state index >= 15 is 0 Å². The largest absolute Gasteiger partial charge is 0.351 e. The number of rotatable bonds is 2. The summed E-state index contributed by atoms with van der Waals surface area (Å²) in [4.78, 5) is 11.8. The van der Waals surface area contributed by atoms with Gasteiger partial charge in [-0.05, 0) is 0 Å². The van der Waals surface area contributed by atoms with Gasteiger partial charge in [-0.3, -0.25) is 0 Å². The second kappa shape index (κ2) is 3.71. The first-order chi connectivity index (χ1) is 7.84. The fraction of sp³-hybridized carbons (Fsp3) is 0.333. The van der Waals surface area contributed by atoms with Gasteiger partial charge < -0.3 is 4.90 Å². The maximum absolute atomic E-state index is 6.00. The molecule has 2 aromatic heterocycles. The first kappa shape index (κ1) is 9.53. The van der Waals surface area contributed by atoms with Gasteiger partial charge in [-0.15, -0.1) is 0 Å². The second-order valence-corrected chi connectivity index (χ2v) is 4.01. The summed E-state index contributed by atoms with van der Waals surface area (Å²) in [6.07, 6.45) is 6.46. The predicted molar refractivity (Wildman–Crippen MR) is 58.3 cm³/mol. The molecule has 0 spiro atoms. The lowest BCUT2D eigenvalue weighted by Gasteiger charge is -2.39. The molecule has 2 aromatic rings. The average molecular weight is 237 g/mol. The molecular weight excluding hydrogens is 228 g/mol. The smallest absolute Gasteiger partial charge is 0.150 e. The van der Waals surface area contributed by atoms with Crippen molar-refractivity contribution in [3.05, 3.63) is 29.9 Å². The molecule has 0 unspecified atom stereocenters. The first-order valence-corrected chi connectivity index (χ1v) is 5.28. The van der Waals surface area contributed by atoms with E-state index in [1.165, 1.54) is 6.33 Å². The van der Waals surface area contributed by atoms with Crippen molar-refractivity contribution in [2.45, 2.75) is 6.04 Å². The van der Waals surface area contributed by atoms with E-state index in [4.69, 9.17) is 11.6 Å². The van der Waals surface area contributed by atoms with E-state index in [0.717, 1.165) is 18.9 Å². The van der Waals surface area contributed by atoms with Gasteiger partial charge in [0.05, 0.1) is 18.6 Å². The van der Waals surface area contributed by atoms with E-state index in [1.54, 1.807) is 23.4 Å². The van der Waals surface area contributed by atoms with Crippen LogP contribution in [0.3, 0.4) is 0 Å². The van der Waals surface area contributed by atoms with Gasteiger partial charge in [-0.2, -0.15) is 15.0 Å². The lowest BCUT2D eigenvalue weighted by molar-refractivity contribution is 0.331. The fourth-order valence-electron chi connectivity index (χ4n) is 1.73. The summed E-state index contributed by atoms with van der Waals surface area (Å²) >= 11 is 6.00. The molecule has 1 aliphatic heterocycles. The highest BCUT2D eigenvalue weighted by molar-refractivity contribution is 6.32. The Balaban J connectivity index is 1.72. The maximum atomic E-state index is 6.00. The maximum Gasteiger partial charge on any atom is 0.150 e. The zero-order valence-electron chi connectivity index (χ0n) is 8.36. The van der Waals surface area contributed by atoms with Gasteiger partial charge in [0, 0.05) is 13.1 Å². The minimum atomic E-state index is 0.307. The molecule has 1 aliphatic rings. The van der Waals surface area contributed by atoms with Crippen molar-refractivity contribution in [1.29, 1.82) is 0 Å². The molecule has 6 nitrogen and oxygen atoms in total. The Labute approximate surface area is 96.9 Å². The summed E-state index contributed by atoms with van der Waals surface area (Å²) in [5.41, 5.74) is 0. The van der Waals surface area contributed by atoms with Crippen LogP contribution in [0.4, 0.5) is 5.82 Å². The number of anilines is 1. The average Bonchev–Trinajstić information content (AvgIpc) is 2.72. The molecule has 3 rings (SSSR count). The van der Waals surface area contributed by atoms with E-state index in [9.17, 15) is 0 Å². The molecule has 0 radical (unpaired) electrons. The van der Waals surface area contributed by atoms with Crippen LogP contribution in [0.5, 0.6) is 0 Å². The molecule has 0 atom stereocenters. The summed E-state index contributed by atoms with van der Waals surface area (Å²) in [7, 11) is 0. The van der Waals surface area contributed by atoms with Crippen molar-refractivity contribution in [1.82, 2.24) is 25.0 Å². The van der Waals surface area contributed by atoms with Gasteiger partial charge in [0.1, 0.15) is 17.4 Å². The third kappa shape index (κ3) is 1.51. The minimum Gasteiger partial charge on any atom is -0.351 e. The third-order valence-corrected chi connectivity index (χ3v) is 2.84. The quantitative estimate of drug-likeness (QED) is 0.771. The lowest BCUT2D eigenvalue weighted by atomic mass is 10.1. The number of hydrogen-bond donors (Lipinski definition) is 0. The fourth-order valence-corrected chi connectivity index (χ4v) is 1.95. The summed E-state index contributed by atoms with van der Waals surface area (Å²) in [6, 6.07) is 0.307. The van der Waals surface area contributed by atoms with Gasteiger partial charge in [-0.1, -0.05) is 11.6 Å². The number of nitrogens with zero attached hydrogens (tertiary/aromatic N) is 6. The molecule has 1 fully saturated rings. The van der Waals surface area contributed by atoms with E-state index in [2.05, 4.69) is 25.1 Å². The van der Waals surface area contributed by atoms with E-state index in [-0.39, 0.29) is 0 Å². The van der Waals surface area contributed by atoms with Gasteiger partial charge >= 0.3 is 0 Å². The molecule has 82 valence electrons. The molecule has 0 saturated carbocycles. The Morgan fingerprint density at radius 3 is 2.69 bits per heavy atom. The molecule has 1 saturated heterocycles. The summed E-state index contributed by atoms with van der Waals surface area (Å²) in [5, 5.41) is 8.78. The number of aromatic nitrogens is 5. The Hall–Kier alpha value is -1.69. The molecule has 7 heteroatoms. The Bertz CT molecular complexity index is 479. The Morgan fingerprint density at radius 2 is 2.00 bits per heavy atom. The molecule has 0 aromatic carbocycles. The topological polar surface area (TPSA) is 59.7 Å². The zero-order chi connectivity index (χ0) is 11.0. The number of halogens is 1. The molecular formula is C9H9ClN6. The lowest BCUT2D eigenvalue weighted by Crippen LogP contribution is -2.49. The monoisotopic (exact) mass is 236 g/mol. The van der Waals surface area contributed by atoms with Crippen LogP contribution in [-0.4, -0.2) is 38.1 Å². The van der Waals surface area contributed by atoms with E-state index in [1.807, 2.05) is 0 Å². The van der Waals surface area contributed by atoms with Crippen LogP contribution < -0.4 is 4.90 Å². The van der Waals surface area contributed by atoms with E-state index < -0.39 is 0 Å². The Morgan fingerprint density at radius 1 is 1.25 bits per heavy atom. The van der Waals surface area contributed by atoms with Crippen molar-refractivity contribution in [2.24, 2.45) is 0 Å². The normalized spacial score (nSPS) is 16.2. The van der Waals surface area contributed by atoms with Gasteiger partial charge in [0.25, 0.3) is 0 Å². The van der Waals surface area contributed by atoms with E-state index in [0.29, 0.717) is 11.1 Å². The van der Waals surface area contributed by atoms with Crippen LogP contribution in [0.2, 0.25) is 5.02 Å². The van der Waals surface area contributed by atoms with Gasteiger partial charge in [0.2, 0.25) is 0 Å². The highest BCUT2D eigenvalue weighted by Crippen LogP contribution is 2.29. The standard InChI is InChI=1S/C9H9ClN6/c10-8-3-11-6-12-9(8)15-4-7(5-15)16-13-1-2-14-16/h1-3,6-7H,4-5H2. The van der Waals surface area contributed by atoms with Gasteiger partial charge in [0.15, 0.2) is 5.82 Å². The van der Waals surface area contributed by atoms with Crippen molar-refractivity contribution in [3.8, 4) is 0 Å². The SMILES string of the molecule is Clc1cncnc1N1CC(n2nccn2)C1. The third-order valence-electron chi connectivity index (χ3n) is 2.57. The number of hydrogen-bond acceptors (Lipinski definition) is 5. The molecule has 16 heavy (non-hydrogen) atoms. The highest BCUT2D eigenvalue weighted by atomic mass is 35.5. The molecule has 0 bridgehead atoms. The summed E-state index contributed by atoms with van der Waals surface area (Å²) in [6.45, 7) is 1.65. The first-order valence-electron chi connectivity index (χ1n) is 4.91. The van der Waals surface area contributed by atoms with Crippen molar-refractivity contribution in [2.75, 3.05) is 18.0 Å². The van der Waals surface area contributed by atoms with Crippen LogP contribution in [0, 0.1) is 0 Å². The van der Waals surface area contributed by atoms with Crippen molar-refractivity contribution in [3.63, 3.8) is 0 Å². The Kier molecular flexibility index (Phi) is 2.21. The van der Waals surface area contributed by atoms with Crippen molar-refractivity contribution < 1.29 is 0 Å². The highest BCUT2D eigenvalue weighted by Gasteiger charge is 2.31. The van der Waals surface area contributed by atoms with Crippen molar-refractivity contribution >= 4 is 17.4 Å². The molecule has 0 N–H and O–H groups in total. The predicted octanol–water partition coefficient (Wildman–Crippen LogP) is 0.783. The molecule has 3 heterocycles. The van der Waals surface area contributed by atoms with Crippen LogP contribution in [-0.2, 0) is 0 Å². The summed E-state index contributed by atoms with van der Waals surface area (Å²) in [5.74, 6) is 0.778. The minimum absolute atomic E-state index is 0.307. The molecule has 0 aliphatic carbocycles. The zero-order valence-corrected chi connectivity index (χ0v) is 9.12. The van der Waals surface area contributed by atoms with Gasteiger partial charge in [-0.25, -0.2) is 9.97 Å². The second-order valence-electron chi connectivity index (χ2n) is 3.60. The van der Waals surface area contributed by atoms with Crippen LogP contribution in [0.15, 0.2) is 24.9 Å².